The molecule has 0 bridgehead atoms. The molecular weight excluding hydrogens is 266 g/mol. The maximum atomic E-state index is 6.54. The Morgan fingerprint density at radius 3 is 2.89 bits per heavy atom. The normalized spacial score (nSPS) is 15.2. The summed E-state index contributed by atoms with van der Waals surface area (Å²) in [5.74, 6) is 0. The molecule has 0 atom stereocenters. The molecule has 0 aliphatic heterocycles. The van der Waals surface area contributed by atoms with E-state index in [4.69, 9.17) is 16.6 Å². The highest BCUT2D eigenvalue weighted by molar-refractivity contribution is 7.00. The number of aromatic nitrogens is 3. The molecule has 2 aromatic heterocycles. The van der Waals surface area contributed by atoms with Crippen molar-refractivity contribution in [1.82, 2.24) is 13.7 Å². The highest BCUT2D eigenvalue weighted by Gasteiger charge is 2.18. The van der Waals surface area contributed by atoms with Gasteiger partial charge in [-0.05, 0) is 43.4 Å². The lowest BCUT2D eigenvalue weighted by Gasteiger charge is -2.17. The fourth-order valence-corrected chi connectivity index (χ4v) is 3.57. The van der Waals surface area contributed by atoms with Crippen molar-refractivity contribution in [3.8, 4) is 0 Å². The minimum Gasteiger partial charge on any atom is -0.250 e. The third-order valence-corrected chi connectivity index (χ3v) is 4.56. The number of hydrogen-bond acceptors (Lipinski definition) is 4. The number of pyridine rings is 1. The summed E-state index contributed by atoms with van der Waals surface area (Å²) >= 11 is 7.77. The Balaban J connectivity index is 2.18. The van der Waals surface area contributed by atoms with E-state index in [-0.39, 0.29) is 0 Å². The van der Waals surface area contributed by atoms with Crippen molar-refractivity contribution in [3.05, 3.63) is 28.4 Å². The van der Waals surface area contributed by atoms with E-state index in [1.54, 1.807) is 0 Å². The van der Waals surface area contributed by atoms with Gasteiger partial charge >= 0.3 is 0 Å². The Labute approximate surface area is 113 Å². The topological polar surface area (TPSA) is 38.7 Å². The van der Waals surface area contributed by atoms with Gasteiger partial charge in [-0.2, -0.15) is 8.75 Å². The van der Waals surface area contributed by atoms with Crippen molar-refractivity contribution >= 4 is 45.3 Å². The van der Waals surface area contributed by atoms with Gasteiger partial charge in [0.25, 0.3) is 0 Å². The third-order valence-electron chi connectivity index (χ3n) is 3.59. The lowest BCUT2D eigenvalue weighted by Crippen LogP contribution is -2.06. The standard InChI is InChI=1S/C13H10ClN3S/c14-11-7-3-1-2-4-9(7)15-12-8(11)5-6-10-13(12)17-18-16-10/h5-6H,1-4H2. The van der Waals surface area contributed by atoms with Gasteiger partial charge < -0.3 is 0 Å². The van der Waals surface area contributed by atoms with Gasteiger partial charge in [0.15, 0.2) is 0 Å². The quantitative estimate of drug-likeness (QED) is 0.627. The van der Waals surface area contributed by atoms with E-state index in [1.165, 1.54) is 30.1 Å². The van der Waals surface area contributed by atoms with Crippen LogP contribution in [-0.2, 0) is 12.8 Å². The average Bonchev–Trinajstić information content (AvgIpc) is 2.88. The number of benzene rings is 1. The molecule has 0 spiro atoms. The monoisotopic (exact) mass is 275 g/mol. The van der Waals surface area contributed by atoms with E-state index in [9.17, 15) is 0 Å². The van der Waals surface area contributed by atoms with Crippen LogP contribution in [0.2, 0.25) is 5.02 Å². The van der Waals surface area contributed by atoms with Crippen LogP contribution in [0.25, 0.3) is 21.9 Å². The first-order valence-corrected chi connectivity index (χ1v) is 7.17. The lowest BCUT2D eigenvalue weighted by atomic mass is 9.94. The summed E-state index contributed by atoms with van der Waals surface area (Å²) in [5.41, 5.74) is 5.09. The van der Waals surface area contributed by atoms with Gasteiger partial charge in [-0.1, -0.05) is 11.6 Å². The Morgan fingerprint density at radius 1 is 1.06 bits per heavy atom. The molecule has 0 fully saturated rings. The summed E-state index contributed by atoms with van der Waals surface area (Å²) in [7, 11) is 0. The highest BCUT2D eigenvalue weighted by Crippen LogP contribution is 2.35. The summed E-state index contributed by atoms with van der Waals surface area (Å²) in [5, 5.41) is 1.88. The Kier molecular flexibility index (Phi) is 2.29. The highest BCUT2D eigenvalue weighted by atomic mass is 35.5. The molecule has 18 heavy (non-hydrogen) atoms. The van der Waals surface area contributed by atoms with Crippen LogP contribution in [-0.4, -0.2) is 13.7 Å². The summed E-state index contributed by atoms with van der Waals surface area (Å²) < 4.78 is 8.60. The molecule has 1 aliphatic rings. The Bertz CT molecular complexity index is 766. The third kappa shape index (κ3) is 1.39. The lowest BCUT2D eigenvalue weighted by molar-refractivity contribution is 0.671. The second-order valence-corrected chi connectivity index (χ2v) is 5.56. The molecule has 0 radical (unpaired) electrons. The summed E-state index contributed by atoms with van der Waals surface area (Å²) in [6, 6.07) is 3.99. The molecule has 5 heteroatoms. The summed E-state index contributed by atoms with van der Waals surface area (Å²) in [6.07, 6.45) is 4.48. The van der Waals surface area contributed by atoms with Crippen molar-refractivity contribution < 1.29 is 0 Å². The van der Waals surface area contributed by atoms with Crippen LogP contribution in [0.5, 0.6) is 0 Å². The van der Waals surface area contributed by atoms with E-state index in [0.717, 1.165) is 45.5 Å². The molecular formula is C13H10ClN3S. The number of aryl methyl sites for hydroxylation is 1. The number of fused-ring (bicyclic) bond motifs is 4. The van der Waals surface area contributed by atoms with Crippen LogP contribution in [0.3, 0.4) is 0 Å². The zero-order chi connectivity index (χ0) is 12.1. The van der Waals surface area contributed by atoms with E-state index in [0.29, 0.717) is 0 Å². The molecule has 1 aliphatic carbocycles. The van der Waals surface area contributed by atoms with Crippen LogP contribution in [0.1, 0.15) is 24.1 Å². The van der Waals surface area contributed by atoms with Gasteiger partial charge in [-0.3, -0.25) is 4.98 Å². The molecule has 0 N–H and O–H groups in total. The Morgan fingerprint density at radius 2 is 1.94 bits per heavy atom. The molecule has 3 nitrogen and oxygen atoms in total. The molecule has 3 aromatic rings. The zero-order valence-electron chi connectivity index (χ0n) is 9.61. The number of rotatable bonds is 0. The first kappa shape index (κ1) is 10.6. The molecule has 2 heterocycles. The van der Waals surface area contributed by atoms with E-state index in [1.807, 2.05) is 12.1 Å². The van der Waals surface area contributed by atoms with E-state index < -0.39 is 0 Å². The first-order valence-electron chi connectivity index (χ1n) is 6.07. The fraction of sp³-hybridized carbons (Fsp3) is 0.308. The van der Waals surface area contributed by atoms with Crippen molar-refractivity contribution in [2.75, 3.05) is 0 Å². The zero-order valence-corrected chi connectivity index (χ0v) is 11.2. The minimum atomic E-state index is 0.865. The van der Waals surface area contributed by atoms with Crippen molar-refractivity contribution in [2.45, 2.75) is 25.7 Å². The smallest absolute Gasteiger partial charge is 0.131 e. The minimum absolute atomic E-state index is 0.865. The van der Waals surface area contributed by atoms with Crippen LogP contribution < -0.4 is 0 Å². The fourth-order valence-electron chi connectivity index (χ4n) is 2.67. The van der Waals surface area contributed by atoms with Gasteiger partial charge in [0.2, 0.25) is 0 Å². The van der Waals surface area contributed by atoms with Crippen LogP contribution in [0, 0.1) is 0 Å². The Hall–Kier alpha value is -1.26. The largest absolute Gasteiger partial charge is 0.250 e. The first-order chi connectivity index (χ1) is 8.84. The molecule has 0 unspecified atom stereocenters. The predicted molar refractivity (Wildman–Crippen MR) is 74.4 cm³/mol. The maximum absolute atomic E-state index is 6.54. The number of nitrogens with zero attached hydrogens (tertiary/aromatic N) is 3. The van der Waals surface area contributed by atoms with Gasteiger partial charge in [0.1, 0.15) is 16.6 Å². The predicted octanol–water partition coefficient (Wildman–Crippen LogP) is 3.77. The van der Waals surface area contributed by atoms with Crippen molar-refractivity contribution in [1.29, 1.82) is 0 Å². The molecule has 4 rings (SSSR count). The second-order valence-electron chi connectivity index (χ2n) is 4.65. The van der Waals surface area contributed by atoms with Crippen molar-refractivity contribution in [3.63, 3.8) is 0 Å². The van der Waals surface area contributed by atoms with Gasteiger partial charge in [-0.25, -0.2) is 0 Å². The SMILES string of the molecule is Clc1c2c(nc3c1ccc1nsnc13)CCCC2. The second kappa shape index (κ2) is 3.87. The maximum Gasteiger partial charge on any atom is 0.131 e. The van der Waals surface area contributed by atoms with Crippen LogP contribution in [0.4, 0.5) is 0 Å². The summed E-state index contributed by atoms with van der Waals surface area (Å²) in [4.78, 5) is 4.80. The summed E-state index contributed by atoms with van der Waals surface area (Å²) in [6.45, 7) is 0. The molecule has 1 aromatic carbocycles. The van der Waals surface area contributed by atoms with Crippen LogP contribution >= 0.6 is 23.3 Å². The number of halogens is 1. The van der Waals surface area contributed by atoms with Gasteiger partial charge in [0.05, 0.1) is 16.8 Å². The molecule has 90 valence electrons. The number of hydrogen-bond donors (Lipinski definition) is 0. The molecule has 0 saturated heterocycles. The van der Waals surface area contributed by atoms with Crippen molar-refractivity contribution in [2.24, 2.45) is 0 Å². The van der Waals surface area contributed by atoms with Crippen LogP contribution in [0.15, 0.2) is 12.1 Å². The van der Waals surface area contributed by atoms with Gasteiger partial charge in [0, 0.05) is 11.1 Å². The van der Waals surface area contributed by atoms with Gasteiger partial charge in [-0.15, -0.1) is 0 Å². The average molecular weight is 276 g/mol. The molecule has 0 saturated carbocycles. The molecule has 0 amide bonds. The van der Waals surface area contributed by atoms with E-state index in [2.05, 4.69) is 8.75 Å². The van der Waals surface area contributed by atoms with E-state index >= 15 is 0 Å².